The Hall–Kier alpha value is -0.350. The molecular formula is C14H22O3S. The van der Waals surface area contributed by atoms with Crippen LogP contribution in [-0.2, 0) is 14.6 Å². The zero-order valence-corrected chi connectivity index (χ0v) is 12.2. The van der Waals surface area contributed by atoms with Crippen LogP contribution in [0.15, 0.2) is 12.2 Å². The number of hydrogen-bond acceptors (Lipinski definition) is 3. The van der Waals surface area contributed by atoms with Gasteiger partial charge >= 0.3 is 0 Å². The third-order valence-electron chi connectivity index (χ3n) is 4.98. The average molecular weight is 270 g/mol. The van der Waals surface area contributed by atoms with Gasteiger partial charge in [0.15, 0.2) is 15.3 Å². The van der Waals surface area contributed by atoms with Crippen molar-refractivity contribution in [1.82, 2.24) is 0 Å². The maximum absolute atomic E-state index is 12.5. The maximum Gasteiger partial charge on any atom is 0.178 e. The molecule has 4 heteroatoms. The fourth-order valence-corrected chi connectivity index (χ4v) is 7.13. The monoisotopic (exact) mass is 270 g/mol. The molecule has 3 rings (SSSR count). The first-order chi connectivity index (χ1) is 8.21. The summed E-state index contributed by atoms with van der Waals surface area (Å²) in [5.74, 6) is 0.324. The van der Waals surface area contributed by atoms with Crippen LogP contribution in [0.3, 0.4) is 0 Å². The molecule has 0 N–H and O–H groups in total. The van der Waals surface area contributed by atoms with Crippen LogP contribution < -0.4 is 0 Å². The molecule has 0 bridgehead atoms. The van der Waals surface area contributed by atoms with E-state index in [1.165, 1.54) is 0 Å². The summed E-state index contributed by atoms with van der Waals surface area (Å²) in [5, 5.41) is 0. The van der Waals surface area contributed by atoms with Crippen LogP contribution in [0, 0.1) is 10.8 Å². The second-order valence-corrected chi connectivity index (χ2v) is 9.23. The molecule has 1 aliphatic heterocycles. The lowest BCUT2D eigenvalue weighted by Crippen LogP contribution is -2.56. The van der Waals surface area contributed by atoms with Crippen molar-refractivity contribution in [3.8, 4) is 0 Å². The topological polar surface area (TPSA) is 43.4 Å². The zero-order chi connectivity index (χ0) is 13.2. The summed E-state index contributed by atoms with van der Waals surface area (Å²) in [4.78, 5) is 0. The molecule has 0 aromatic rings. The van der Waals surface area contributed by atoms with Gasteiger partial charge in [0.1, 0.15) is 0 Å². The van der Waals surface area contributed by atoms with E-state index in [2.05, 4.69) is 12.2 Å². The van der Waals surface area contributed by atoms with Crippen LogP contribution in [0.5, 0.6) is 0 Å². The van der Waals surface area contributed by atoms with Gasteiger partial charge in [0.05, 0.1) is 11.4 Å². The summed E-state index contributed by atoms with van der Waals surface area (Å²) in [5.41, 5.74) is -1.15. The average Bonchev–Trinajstić information content (AvgIpc) is 2.33. The number of hydrogen-bond donors (Lipinski definition) is 0. The van der Waals surface area contributed by atoms with Crippen molar-refractivity contribution in [2.45, 2.75) is 57.5 Å². The number of allylic oxidation sites excluding steroid dienone is 2. The van der Waals surface area contributed by atoms with Gasteiger partial charge in [-0.05, 0) is 51.9 Å². The molecule has 0 amide bonds. The zero-order valence-electron chi connectivity index (χ0n) is 11.4. The highest BCUT2D eigenvalue weighted by Crippen LogP contribution is 2.70. The maximum atomic E-state index is 12.5. The molecule has 18 heavy (non-hydrogen) atoms. The van der Waals surface area contributed by atoms with E-state index >= 15 is 0 Å². The van der Waals surface area contributed by atoms with Gasteiger partial charge in [-0.1, -0.05) is 12.2 Å². The fraction of sp³-hybridized carbons (Fsp3) is 0.857. The highest BCUT2D eigenvalue weighted by atomic mass is 32.2. The molecule has 1 saturated carbocycles. The molecule has 1 saturated heterocycles. The highest BCUT2D eigenvalue weighted by molar-refractivity contribution is 7.92. The smallest absolute Gasteiger partial charge is 0.178 e. The molecule has 3 aliphatic rings. The van der Waals surface area contributed by atoms with Gasteiger partial charge in [-0.15, -0.1) is 0 Å². The number of sulfone groups is 1. The van der Waals surface area contributed by atoms with Gasteiger partial charge in [-0.2, -0.15) is 0 Å². The lowest BCUT2D eigenvalue weighted by Gasteiger charge is -2.58. The molecule has 2 aliphatic carbocycles. The Morgan fingerprint density at radius 1 is 1.17 bits per heavy atom. The molecule has 2 fully saturated rings. The first-order valence-corrected chi connectivity index (χ1v) is 8.47. The fourth-order valence-electron chi connectivity index (χ4n) is 4.08. The van der Waals surface area contributed by atoms with E-state index in [-0.39, 0.29) is 10.8 Å². The van der Waals surface area contributed by atoms with Crippen molar-refractivity contribution in [3.05, 3.63) is 12.2 Å². The standard InChI is InChI=1S/C14H22O3S/c1-12(2,3)17-11-14-7-5-4-6-13(14,8-9-14)10-18(11,15)16/h4-5,11H,6-10H2,1-3H3/t11-,13-,14-/m0/s1. The Morgan fingerprint density at radius 3 is 2.39 bits per heavy atom. The second kappa shape index (κ2) is 3.40. The van der Waals surface area contributed by atoms with Gasteiger partial charge in [0, 0.05) is 5.41 Å². The first-order valence-electron chi connectivity index (χ1n) is 6.75. The molecule has 1 heterocycles. The Balaban J connectivity index is 2.04. The molecule has 0 unspecified atom stereocenters. The van der Waals surface area contributed by atoms with Gasteiger partial charge in [-0.25, -0.2) is 8.42 Å². The Labute approximate surface area is 110 Å². The summed E-state index contributed by atoms with van der Waals surface area (Å²) >= 11 is 0. The van der Waals surface area contributed by atoms with Gasteiger partial charge in [0.2, 0.25) is 0 Å². The van der Waals surface area contributed by atoms with Crippen molar-refractivity contribution in [3.63, 3.8) is 0 Å². The van der Waals surface area contributed by atoms with Gasteiger partial charge in [0.25, 0.3) is 0 Å². The molecule has 3 nitrogen and oxygen atoms in total. The molecular weight excluding hydrogens is 248 g/mol. The first kappa shape index (κ1) is 12.7. The molecule has 0 aromatic carbocycles. The van der Waals surface area contributed by atoms with Crippen LogP contribution in [0.1, 0.15) is 46.5 Å². The third-order valence-corrected chi connectivity index (χ3v) is 7.13. The highest BCUT2D eigenvalue weighted by Gasteiger charge is 2.72. The predicted octanol–water partition coefficient (Wildman–Crippen LogP) is 2.67. The molecule has 0 radical (unpaired) electrons. The normalized spacial score (nSPS) is 45.2. The molecule has 3 atom stereocenters. The van der Waals surface area contributed by atoms with E-state index in [1.807, 2.05) is 20.8 Å². The Kier molecular flexibility index (Phi) is 2.39. The van der Waals surface area contributed by atoms with Crippen molar-refractivity contribution in [2.24, 2.45) is 10.8 Å². The molecule has 0 aromatic heterocycles. The van der Waals surface area contributed by atoms with E-state index in [0.717, 1.165) is 25.7 Å². The summed E-state index contributed by atoms with van der Waals surface area (Å²) < 4.78 is 31.0. The van der Waals surface area contributed by atoms with E-state index in [1.54, 1.807) is 0 Å². The Morgan fingerprint density at radius 2 is 1.83 bits per heavy atom. The molecule has 102 valence electrons. The quantitative estimate of drug-likeness (QED) is 0.688. The van der Waals surface area contributed by atoms with Crippen LogP contribution in [0.2, 0.25) is 0 Å². The van der Waals surface area contributed by atoms with E-state index in [9.17, 15) is 8.42 Å². The SMILES string of the molecule is CC(C)(C)O[C@@H]1[C@@]23CC=CC[C@]2(CC3)CS1(=O)=O. The van der Waals surface area contributed by atoms with Crippen LogP contribution >= 0.6 is 0 Å². The summed E-state index contributed by atoms with van der Waals surface area (Å²) in [6.07, 6.45) is 8.13. The van der Waals surface area contributed by atoms with Gasteiger partial charge < -0.3 is 4.74 Å². The minimum Gasteiger partial charge on any atom is -0.356 e. The summed E-state index contributed by atoms with van der Waals surface area (Å²) in [7, 11) is -3.12. The van der Waals surface area contributed by atoms with Crippen molar-refractivity contribution < 1.29 is 13.2 Å². The van der Waals surface area contributed by atoms with E-state index < -0.39 is 20.9 Å². The number of ether oxygens (including phenoxy) is 1. The molecule has 0 spiro atoms. The number of rotatable bonds is 1. The minimum absolute atomic E-state index is 0.0174. The Bertz CT molecular complexity index is 500. The van der Waals surface area contributed by atoms with E-state index in [4.69, 9.17) is 4.74 Å². The predicted molar refractivity (Wildman–Crippen MR) is 70.9 cm³/mol. The lowest BCUT2D eigenvalue weighted by molar-refractivity contribution is -0.157. The second-order valence-electron chi connectivity index (χ2n) is 7.19. The van der Waals surface area contributed by atoms with Crippen molar-refractivity contribution in [2.75, 3.05) is 5.75 Å². The van der Waals surface area contributed by atoms with Crippen molar-refractivity contribution >= 4 is 9.84 Å². The third kappa shape index (κ3) is 1.48. The largest absolute Gasteiger partial charge is 0.356 e. The van der Waals surface area contributed by atoms with Crippen LogP contribution in [0.4, 0.5) is 0 Å². The van der Waals surface area contributed by atoms with E-state index in [0.29, 0.717) is 5.75 Å². The lowest BCUT2D eigenvalue weighted by atomic mass is 9.46. The van der Waals surface area contributed by atoms with Crippen LogP contribution in [-0.4, -0.2) is 25.2 Å². The summed E-state index contributed by atoms with van der Waals surface area (Å²) in [6.45, 7) is 5.82. The summed E-state index contributed by atoms with van der Waals surface area (Å²) in [6, 6.07) is 0. The minimum atomic E-state index is -3.12. The van der Waals surface area contributed by atoms with Crippen LogP contribution in [0.25, 0.3) is 0 Å². The van der Waals surface area contributed by atoms with Gasteiger partial charge in [-0.3, -0.25) is 0 Å². The van der Waals surface area contributed by atoms with Crippen molar-refractivity contribution in [1.29, 1.82) is 0 Å².